The molecule has 0 aliphatic rings. The summed E-state index contributed by atoms with van der Waals surface area (Å²) < 4.78 is 1.93. The van der Waals surface area contributed by atoms with Crippen LogP contribution in [0.1, 0.15) is 58.7 Å². The van der Waals surface area contributed by atoms with Crippen molar-refractivity contribution >= 4 is 0 Å². The number of nitrogens with zero attached hydrogens (tertiary/aromatic N) is 2. The molecule has 0 atom stereocenters. The molecule has 1 N–H and O–H groups in total. The molecule has 1 aromatic rings. The van der Waals surface area contributed by atoms with Gasteiger partial charge < -0.3 is 5.32 Å². The van der Waals surface area contributed by atoms with Gasteiger partial charge in [-0.05, 0) is 30.2 Å². The Kier molecular flexibility index (Phi) is 6.05. The van der Waals surface area contributed by atoms with Gasteiger partial charge in [-0.25, -0.2) is 0 Å². The lowest BCUT2D eigenvalue weighted by atomic mass is 9.85. The molecule has 0 bridgehead atoms. The fraction of sp³-hybridized carbons (Fsp3) is 0.812. The molecule has 0 fully saturated rings. The molecule has 0 radical (unpaired) electrons. The highest BCUT2D eigenvalue weighted by molar-refractivity contribution is 5.19. The predicted octanol–water partition coefficient (Wildman–Crippen LogP) is 3.56. The van der Waals surface area contributed by atoms with Gasteiger partial charge in [0.1, 0.15) is 0 Å². The van der Waals surface area contributed by atoms with Crippen molar-refractivity contribution in [2.45, 2.75) is 54.0 Å². The average molecular weight is 265 g/mol. The van der Waals surface area contributed by atoms with E-state index in [1.807, 2.05) is 11.7 Å². The van der Waals surface area contributed by atoms with Gasteiger partial charge in [0, 0.05) is 25.4 Å². The van der Waals surface area contributed by atoms with E-state index in [1.54, 1.807) is 0 Å². The third kappa shape index (κ3) is 4.64. The number of aromatic nitrogens is 2. The molecule has 0 saturated heterocycles. The molecule has 0 aliphatic carbocycles. The maximum Gasteiger partial charge on any atom is 0.0694 e. The third-order valence-electron chi connectivity index (χ3n) is 3.89. The van der Waals surface area contributed by atoms with Gasteiger partial charge in [0.05, 0.1) is 5.69 Å². The second-order valence-electron chi connectivity index (χ2n) is 6.65. The Balaban J connectivity index is 2.57. The number of aryl methyl sites for hydroxylation is 1. The van der Waals surface area contributed by atoms with Gasteiger partial charge in [0.2, 0.25) is 0 Å². The van der Waals surface area contributed by atoms with Crippen LogP contribution in [0.2, 0.25) is 0 Å². The molecule has 19 heavy (non-hydrogen) atoms. The standard InChI is InChI=1S/C16H31N3/c1-11(2)15(12(3)4)9-17-8-14-10-19(7)18-16(14)13(5)6/h10-13,15,17H,8-9H2,1-7H3. The normalized spacial score (nSPS) is 12.4. The SMILES string of the molecule is CC(C)c1nn(C)cc1CNCC(C(C)C)C(C)C. The van der Waals surface area contributed by atoms with Gasteiger partial charge in [0.25, 0.3) is 0 Å². The zero-order chi connectivity index (χ0) is 14.6. The molecule has 1 aromatic heterocycles. The van der Waals surface area contributed by atoms with Crippen LogP contribution in [0.3, 0.4) is 0 Å². The van der Waals surface area contributed by atoms with E-state index in [4.69, 9.17) is 0 Å². The van der Waals surface area contributed by atoms with Crippen LogP contribution in [0.25, 0.3) is 0 Å². The molecule has 0 saturated carbocycles. The molecule has 1 rings (SSSR count). The van der Waals surface area contributed by atoms with Crippen molar-refractivity contribution in [1.29, 1.82) is 0 Å². The summed E-state index contributed by atoms with van der Waals surface area (Å²) in [6, 6.07) is 0. The van der Waals surface area contributed by atoms with E-state index in [9.17, 15) is 0 Å². The van der Waals surface area contributed by atoms with Gasteiger partial charge >= 0.3 is 0 Å². The van der Waals surface area contributed by atoms with Crippen molar-refractivity contribution in [2.75, 3.05) is 6.54 Å². The van der Waals surface area contributed by atoms with Crippen LogP contribution in [0.15, 0.2) is 6.20 Å². The van der Waals surface area contributed by atoms with Crippen molar-refractivity contribution in [3.63, 3.8) is 0 Å². The second-order valence-corrected chi connectivity index (χ2v) is 6.65. The summed E-state index contributed by atoms with van der Waals surface area (Å²) in [5.74, 6) is 2.68. The van der Waals surface area contributed by atoms with E-state index in [0.717, 1.165) is 30.8 Å². The maximum absolute atomic E-state index is 4.55. The van der Waals surface area contributed by atoms with Crippen molar-refractivity contribution < 1.29 is 0 Å². The summed E-state index contributed by atoms with van der Waals surface area (Å²) >= 11 is 0. The Morgan fingerprint density at radius 2 is 1.68 bits per heavy atom. The predicted molar refractivity (Wildman–Crippen MR) is 82.2 cm³/mol. The zero-order valence-corrected chi connectivity index (χ0v) is 13.7. The fourth-order valence-electron chi connectivity index (χ4n) is 2.79. The Morgan fingerprint density at radius 1 is 1.11 bits per heavy atom. The number of rotatable bonds is 7. The van der Waals surface area contributed by atoms with E-state index in [2.05, 4.69) is 58.2 Å². The van der Waals surface area contributed by atoms with Gasteiger partial charge in [0.15, 0.2) is 0 Å². The molecular weight excluding hydrogens is 234 g/mol. The molecule has 0 unspecified atom stereocenters. The maximum atomic E-state index is 4.55. The van der Waals surface area contributed by atoms with Gasteiger partial charge in [-0.3, -0.25) is 4.68 Å². The molecule has 3 nitrogen and oxygen atoms in total. The molecule has 0 aliphatic heterocycles. The van der Waals surface area contributed by atoms with Crippen LogP contribution in [0.4, 0.5) is 0 Å². The number of hydrogen-bond donors (Lipinski definition) is 1. The largest absolute Gasteiger partial charge is 0.312 e. The van der Waals surface area contributed by atoms with Crippen LogP contribution in [0, 0.1) is 17.8 Å². The van der Waals surface area contributed by atoms with Crippen LogP contribution < -0.4 is 5.32 Å². The monoisotopic (exact) mass is 265 g/mol. The second kappa shape index (κ2) is 7.09. The van der Waals surface area contributed by atoms with Gasteiger partial charge in [-0.1, -0.05) is 41.5 Å². The molecule has 110 valence electrons. The lowest BCUT2D eigenvalue weighted by Crippen LogP contribution is -2.29. The summed E-state index contributed by atoms with van der Waals surface area (Å²) in [6.45, 7) is 15.7. The highest BCUT2D eigenvalue weighted by atomic mass is 15.3. The summed E-state index contributed by atoms with van der Waals surface area (Å²) in [6.07, 6.45) is 2.14. The highest BCUT2D eigenvalue weighted by Gasteiger charge is 2.17. The molecular formula is C16H31N3. The van der Waals surface area contributed by atoms with Crippen molar-refractivity contribution in [3.8, 4) is 0 Å². The average Bonchev–Trinajstić information content (AvgIpc) is 2.65. The molecule has 0 amide bonds. The number of nitrogens with one attached hydrogen (secondary N) is 1. The van der Waals surface area contributed by atoms with Crippen molar-refractivity contribution in [3.05, 3.63) is 17.5 Å². The molecule has 3 heteroatoms. The van der Waals surface area contributed by atoms with E-state index in [1.165, 1.54) is 11.3 Å². The van der Waals surface area contributed by atoms with Gasteiger partial charge in [-0.15, -0.1) is 0 Å². The van der Waals surface area contributed by atoms with Crippen LogP contribution in [-0.2, 0) is 13.6 Å². The first kappa shape index (κ1) is 16.2. The summed E-state index contributed by atoms with van der Waals surface area (Å²) in [7, 11) is 2.00. The Hall–Kier alpha value is -0.830. The summed E-state index contributed by atoms with van der Waals surface area (Å²) in [5, 5.41) is 8.17. The first-order valence-electron chi connectivity index (χ1n) is 7.56. The van der Waals surface area contributed by atoms with E-state index in [0.29, 0.717) is 5.92 Å². The Labute approximate surface area is 118 Å². The minimum absolute atomic E-state index is 0.490. The molecule has 0 aromatic carbocycles. The Bertz CT molecular complexity index is 369. The quantitative estimate of drug-likeness (QED) is 0.817. The summed E-state index contributed by atoms with van der Waals surface area (Å²) in [5.41, 5.74) is 2.56. The minimum Gasteiger partial charge on any atom is -0.312 e. The highest BCUT2D eigenvalue weighted by Crippen LogP contribution is 2.20. The van der Waals surface area contributed by atoms with Crippen LogP contribution in [-0.4, -0.2) is 16.3 Å². The first-order valence-corrected chi connectivity index (χ1v) is 7.56. The third-order valence-corrected chi connectivity index (χ3v) is 3.89. The lowest BCUT2D eigenvalue weighted by Gasteiger charge is -2.25. The van der Waals surface area contributed by atoms with E-state index >= 15 is 0 Å². The van der Waals surface area contributed by atoms with Gasteiger partial charge in [-0.2, -0.15) is 5.10 Å². The topological polar surface area (TPSA) is 29.9 Å². The summed E-state index contributed by atoms with van der Waals surface area (Å²) in [4.78, 5) is 0. The van der Waals surface area contributed by atoms with Crippen molar-refractivity contribution in [1.82, 2.24) is 15.1 Å². The molecule has 1 heterocycles. The van der Waals surface area contributed by atoms with E-state index < -0.39 is 0 Å². The first-order chi connectivity index (χ1) is 8.82. The number of hydrogen-bond acceptors (Lipinski definition) is 2. The smallest absolute Gasteiger partial charge is 0.0694 e. The van der Waals surface area contributed by atoms with Crippen LogP contribution >= 0.6 is 0 Å². The molecule has 0 spiro atoms. The fourth-order valence-corrected chi connectivity index (χ4v) is 2.79. The van der Waals surface area contributed by atoms with Crippen molar-refractivity contribution in [2.24, 2.45) is 24.8 Å². The minimum atomic E-state index is 0.490. The van der Waals surface area contributed by atoms with E-state index in [-0.39, 0.29) is 0 Å². The Morgan fingerprint density at radius 3 is 2.16 bits per heavy atom. The zero-order valence-electron chi connectivity index (χ0n) is 13.7. The van der Waals surface area contributed by atoms with Crippen LogP contribution in [0.5, 0.6) is 0 Å². The lowest BCUT2D eigenvalue weighted by molar-refractivity contribution is 0.275.